The highest BCUT2D eigenvalue weighted by molar-refractivity contribution is 5.99. The van der Waals surface area contributed by atoms with Gasteiger partial charge in [0.15, 0.2) is 0 Å². The van der Waals surface area contributed by atoms with Gasteiger partial charge in [-0.05, 0) is 50.4 Å². The predicted molar refractivity (Wildman–Crippen MR) is 127 cm³/mol. The third kappa shape index (κ3) is 7.10. The van der Waals surface area contributed by atoms with Crippen molar-refractivity contribution >= 4 is 17.6 Å². The molecule has 0 fully saturated rings. The number of hydrogen-bond acceptors (Lipinski definition) is 5. The van der Waals surface area contributed by atoms with Crippen LogP contribution < -0.4 is 15.4 Å². The maximum atomic E-state index is 13.3. The van der Waals surface area contributed by atoms with E-state index < -0.39 is 0 Å². The lowest BCUT2D eigenvalue weighted by molar-refractivity contribution is 0.0108. The zero-order valence-electron chi connectivity index (χ0n) is 20.4. The SMILES string of the molecule is CCCNC(=O)Nc1ccc2c(c1)C(=O)N(C)C[C@H](OC)[C@@H](C)CN(CCC)[C@H](C)CO2. The van der Waals surface area contributed by atoms with E-state index in [0.717, 1.165) is 25.9 Å². The Morgan fingerprint density at radius 1 is 1.22 bits per heavy atom. The number of hydrogen-bond donors (Lipinski definition) is 2. The molecular weight excluding hydrogens is 408 g/mol. The third-order valence-corrected chi connectivity index (χ3v) is 5.88. The fourth-order valence-corrected chi connectivity index (χ4v) is 3.94. The first kappa shape index (κ1) is 25.9. The Hall–Kier alpha value is -2.32. The molecule has 2 rings (SSSR count). The summed E-state index contributed by atoms with van der Waals surface area (Å²) < 4.78 is 11.9. The van der Waals surface area contributed by atoms with Crippen LogP contribution in [-0.4, -0.2) is 80.8 Å². The molecule has 2 N–H and O–H groups in total. The summed E-state index contributed by atoms with van der Waals surface area (Å²) in [4.78, 5) is 29.5. The van der Waals surface area contributed by atoms with Crippen molar-refractivity contribution in [2.75, 3.05) is 52.3 Å². The van der Waals surface area contributed by atoms with E-state index in [-0.39, 0.29) is 30.0 Å². The van der Waals surface area contributed by atoms with Gasteiger partial charge in [-0.2, -0.15) is 0 Å². The molecule has 0 bridgehead atoms. The van der Waals surface area contributed by atoms with Crippen LogP contribution in [0.1, 0.15) is 50.9 Å². The van der Waals surface area contributed by atoms with E-state index in [1.54, 1.807) is 37.3 Å². The first-order valence-corrected chi connectivity index (χ1v) is 11.6. The van der Waals surface area contributed by atoms with Gasteiger partial charge in [-0.25, -0.2) is 4.79 Å². The Balaban J connectivity index is 2.35. The number of benzene rings is 1. The van der Waals surface area contributed by atoms with Crippen LogP contribution in [0, 0.1) is 5.92 Å². The van der Waals surface area contributed by atoms with E-state index in [1.165, 1.54) is 0 Å². The molecule has 180 valence electrons. The maximum Gasteiger partial charge on any atom is 0.319 e. The minimum Gasteiger partial charge on any atom is -0.491 e. The molecule has 0 spiro atoms. The second kappa shape index (κ2) is 12.6. The van der Waals surface area contributed by atoms with Gasteiger partial charge in [-0.1, -0.05) is 20.8 Å². The van der Waals surface area contributed by atoms with Crippen LogP contribution in [0.15, 0.2) is 18.2 Å². The van der Waals surface area contributed by atoms with Gasteiger partial charge in [-0.3, -0.25) is 9.69 Å². The number of nitrogens with zero attached hydrogens (tertiary/aromatic N) is 2. The first-order valence-electron chi connectivity index (χ1n) is 11.6. The van der Waals surface area contributed by atoms with E-state index in [1.807, 2.05) is 6.92 Å². The molecule has 0 radical (unpaired) electrons. The van der Waals surface area contributed by atoms with Crippen molar-refractivity contribution in [3.8, 4) is 5.75 Å². The van der Waals surface area contributed by atoms with Crippen LogP contribution >= 0.6 is 0 Å². The minimum absolute atomic E-state index is 0.0829. The Labute approximate surface area is 192 Å². The van der Waals surface area contributed by atoms with Gasteiger partial charge in [0.25, 0.3) is 5.91 Å². The highest BCUT2D eigenvalue weighted by Crippen LogP contribution is 2.26. The van der Waals surface area contributed by atoms with E-state index in [4.69, 9.17) is 9.47 Å². The van der Waals surface area contributed by atoms with E-state index >= 15 is 0 Å². The van der Waals surface area contributed by atoms with Crippen LogP contribution in [0.5, 0.6) is 5.75 Å². The van der Waals surface area contributed by atoms with Gasteiger partial charge < -0.3 is 25.0 Å². The van der Waals surface area contributed by atoms with Crippen LogP contribution in [0.2, 0.25) is 0 Å². The summed E-state index contributed by atoms with van der Waals surface area (Å²) in [6, 6.07) is 5.10. The number of amides is 3. The Bertz CT molecular complexity index is 758. The molecule has 32 heavy (non-hydrogen) atoms. The molecule has 1 heterocycles. The molecule has 0 saturated heterocycles. The number of fused-ring (bicyclic) bond motifs is 1. The monoisotopic (exact) mass is 448 g/mol. The van der Waals surface area contributed by atoms with Crippen LogP contribution in [0.25, 0.3) is 0 Å². The molecule has 8 heteroatoms. The minimum atomic E-state index is -0.293. The van der Waals surface area contributed by atoms with Gasteiger partial charge in [-0.15, -0.1) is 0 Å². The van der Waals surface area contributed by atoms with Crippen molar-refractivity contribution in [1.29, 1.82) is 0 Å². The number of likely N-dealkylation sites (N-methyl/N-ethyl adjacent to an activating group) is 1. The van der Waals surface area contributed by atoms with Crippen molar-refractivity contribution in [1.82, 2.24) is 15.1 Å². The molecule has 3 amide bonds. The molecule has 0 unspecified atom stereocenters. The molecule has 0 saturated carbocycles. The molecule has 1 aliphatic heterocycles. The summed E-state index contributed by atoms with van der Waals surface area (Å²) in [7, 11) is 3.48. The summed E-state index contributed by atoms with van der Waals surface area (Å²) in [6.07, 6.45) is 1.82. The zero-order valence-corrected chi connectivity index (χ0v) is 20.4. The number of ether oxygens (including phenoxy) is 2. The highest BCUT2D eigenvalue weighted by Gasteiger charge is 2.28. The number of carbonyl (C=O) groups excluding carboxylic acids is 2. The van der Waals surface area contributed by atoms with Gasteiger partial charge in [0.1, 0.15) is 12.4 Å². The van der Waals surface area contributed by atoms with Gasteiger partial charge >= 0.3 is 6.03 Å². The number of anilines is 1. The van der Waals surface area contributed by atoms with Crippen molar-refractivity contribution in [3.63, 3.8) is 0 Å². The standard InChI is InChI=1S/C24H40N4O4/c1-7-11-25-24(30)26-19-9-10-21-20(13-19)23(29)27(5)15-22(31-6)17(3)14-28(12-8-2)18(4)16-32-21/h9-10,13,17-18,22H,7-8,11-12,14-16H2,1-6H3,(H2,25,26,30)/t17-,18+,22-/m0/s1. The third-order valence-electron chi connectivity index (χ3n) is 5.88. The Kier molecular flexibility index (Phi) is 10.3. The predicted octanol–water partition coefficient (Wildman–Crippen LogP) is 3.43. The Morgan fingerprint density at radius 3 is 2.62 bits per heavy atom. The average Bonchev–Trinajstić information content (AvgIpc) is 2.78. The maximum absolute atomic E-state index is 13.3. The summed E-state index contributed by atoms with van der Waals surface area (Å²) >= 11 is 0. The largest absolute Gasteiger partial charge is 0.491 e. The summed E-state index contributed by atoms with van der Waals surface area (Å²) in [5.74, 6) is 0.608. The van der Waals surface area contributed by atoms with Crippen LogP contribution in [0.3, 0.4) is 0 Å². The normalized spacial score (nSPS) is 22.9. The average molecular weight is 449 g/mol. The topological polar surface area (TPSA) is 83.1 Å². The fraction of sp³-hybridized carbons (Fsp3) is 0.667. The van der Waals surface area contributed by atoms with E-state index in [9.17, 15) is 9.59 Å². The molecule has 8 nitrogen and oxygen atoms in total. The Morgan fingerprint density at radius 2 is 1.97 bits per heavy atom. The van der Waals surface area contributed by atoms with Crippen molar-refractivity contribution < 1.29 is 19.1 Å². The van der Waals surface area contributed by atoms with Crippen LogP contribution in [-0.2, 0) is 4.74 Å². The second-order valence-corrected chi connectivity index (χ2v) is 8.68. The van der Waals surface area contributed by atoms with Crippen molar-refractivity contribution in [2.45, 2.75) is 52.7 Å². The second-order valence-electron chi connectivity index (χ2n) is 8.68. The van der Waals surface area contributed by atoms with Gasteiger partial charge in [0.2, 0.25) is 0 Å². The summed E-state index contributed by atoms with van der Waals surface area (Å²) in [6.45, 7) is 11.9. The van der Waals surface area contributed by atoms with Gasteiger partial charge in [0.05, 0.1) is 11.7 Å². The highest BCUT2D eigenvalue weighted by atomic mass is 16.5. The number of nitrogens with one attached hydrogen (secondary N) is 2. The molecule has 0 aliphatic carbocycles. The molecule has 1 aliphatic rings. The number of methoxy groups -OCH3 is 1. The van der Waals surface area contributed by atoms with Crippen molar-refractivity contribution in [3.05, 3.63) is 23.8 Å². The smallest absolute Gasteiger partial charge is 0.319 e. The lowest BCUT2D eigenvalue weighted by Crippen LogP contribution is -2.46. The first-order chi connectivity index (χ1) is 15.3. The van der Waals surface area contributed by atoms with Gasteiger partial charge in [0, 0.05) is 45.5 Å². The number of rotatable bonds is 6. The lowest BCUT2D eigenvalue weighted by Gasteiger charge is -2.35. The molecule has 0 aromatic heterocycles. The number of carbonyl (C=O) groups is 2. The summed E-state index contributed by atoms with van der Waals surface area (Å²) in [5, 5.41) is 5.58. The number of urea groups is 1. The fourth-order valence-electron chi connectivity index (χ4n) is 3.94. The van der Waals surface area contributed by atoms with E-state index in [0.29, 0.717) is 36.7 Å². The molecular formula is C24H40N4O4. The summed E-state index contributed by atoms with van der Waals surface area (Å²) in [5.41, 5.74) is 0.977. The lowest BCUT2D eigenvalue weighted by atomic mass is 10.0. The quantitative estimate of drug-likeness (QED) is 0.697. The van der Waals surface area contributed by atoms with Crippen LogP contribution in [0.4, 0.5) is 10.5 Å². The zero-order chi connectivity index (χ0) is 23.7. The van der Waals surface area contributed by atoms with E-state index in [2.05, 4.69) is 36.3 Å². The molecule has 1 aromatic rings. The van der Waals surface area contributed by atoms with Crippen molar-refractivity contribution in [2.24, 2.45) is 5.92 Å². The molecule has 1 aromatic carbocycles. The molecule has 3 atom stereocenters.